The third-order valence-corrected chi connectivity index (χ3v) is 10.4. The fraction of sp³-hybridized carbons (Fsp3) is 0. The predicted octanol–water partition coefficient (Wildman–Crippen LogP) is 13.9. The van der Waals surface area contributed by atoms with Crippen LogP contribution in [0.25, 0.3) is 71.3 Å². The number of hydrogen-bond acceptors (Lipinski definition) is 1. The average molecular weight is 663 g/mol. The Morgan fingerprint density at radius 3 is 1.79 bits per heavy atom. The molecule has 0 bridgehead atoms. The van der Waals surface area contributed by atoms with Crippen LogP contribution in [-0.4, -0.2) is 4.57 Å². The number of anilines is 3. The molecule has 1 heterocycles. The number of rotatable bonds is 6. The van der Waals surface area contributed by atoms with E-state index in [0.29, 0.717) is 0 Å². The second-order valence-electron chi connectivity index (χ2n) is 13.3. The Morgan fingerprint density at radius 2 is 0.942 bits per heavy atom. The maximum absolute atomic E-state index is 2.41. The Labute approximate surface area is 303 Å². The Kier molecular flexibility index (Phi) is 7.18. The van der Waals surface area contributed by atoms with Gasteiger partial charge in [0.1, 0.15) is 0 Å². The lowest BCUT2D eigenvalue weighted by Crippen LogP contribution is -2.10. The molecule has 9 aromatic carbocycles. The van der Waals surface area contributed by atoms with E-state index in [4.69, 9.17) is 0 Å². The lowest BCUT2D eigenvalue weighted by Gasteiger charge is -2.28. The molecule has 0 saturated carbocycles. The predicted molar refractivity (Wildman–Crippen MR) is 221 cm³/mol. The summed E-state index contributed by atoms with van der Waals surface area (Å²) in [6.07, 6.45) is 0. The molecule has 1 aromatic heterocycles. The summed E-state index contributed by atoms with van der Waals surface area (Å²) in [7, 11) is 0. The van der Waals surface area contributed by atoms with E-state index in [1.807, 2.05) is 0 Å². The number of aromatic nitrogens is 1. The number of nitrogens with zero attached hydrogens (tertiary/aromatic N) is 2. The number of benzene rings is 9. The Bertz CT molecular complexity index is 2890. The Balaban J connectivity index is 1.19. The molecule has 52 heavy (non-hydrogen) atoms. The second-order valence-corrected chi connectivity index (χ2v) is 13.3. The topological polar surface area (TPSA) is 8.17 Å². The van der Waals surface area contributed by atoms with Gasteiger partial charge in [-0.05, 0) is 93.0 Å². The van der Waals surface area contributed by atoms with Crippen molar-refractivity contribution in [1.29, 1.82) is 0 Å². The molecule has 10 aromatic rings. The first-order chi connectivity index (χ1) is 25.8. The molecule has 0 N–H and O–H groups in total. The molecule has 0 spiro atoms. The summed E-state index contributed by atoms with van der Waals surface area (Å²) < 4.78 is 2.39. The maximum Gasteiger partial charge on any atom is 0.0547 e. The standard InChI is InChI=1S/C50H34N2/c1-3-14-35(15-4-1)37-28-31-40(32-29-37)51(41-33-30-36-16-7-8-17-38(36)34-41)47-26-12-22-42-43(21-11-23-44(42)47)45-24-13-27-49-50(45)46-20-9-10-25-48(46)52(49)39-18-5-2-6-19-39/h1-34H. The number of para-hydroxylation sites is 2. The molecular formula is C50H34N2. The molecular weight excluding hydrogens is 629 g/mol. The van der Waals surface area contributed by atoms with Crippen LogP contribution in [0.15, 0.2) is 206 Å². The van der Waals surface area contributed by atoms with Crippen LogP contribution in [-0.2, 0) is 0 Å². The van der Waals surface area contributed by atoms with E-state index in [1.165, 1.54) is 65.6 Å². The first kappa shape index (κ1) is 30.0. The van der Waals surface area contributed by atoms with Gasteiger partial charge in [-0.1, -0.05) is 152 Å². The zero-order chi connectivity index (χ0) is 34.4. The molecule has 10 rings (SSSR count). The van der Waals surface area contributed by atoms with Gasteiger partial charge in [0.25, 0.3) is 0 Å². The van der Waals surface area contributed by atoms with Crippen LogP contribution < -0.4 is 4.90 Å². The van der Waals surface area contributed by atoms with Crippen LogP contribution in [0.5, 0.6) is 0 Å². The van der Waals surface area contributed by atoms with Gasteiger partial charge in [-0.15, -0.1) is 0 Å². The SMILES string of the molecule is c1ccc(-c2ccc(N(c3ccc4ccccc4c3)c3cccc4c(-c5cccc6c5c5ccccc5n6-c5ccccc5)cccc34)cc2)cc1. The molecule has 0 atom stereocenters. The van der Waals surface area contributed by atoms with Gasteiger partial charge in [0.05, 0.1) is 16.7 Å². The molecule has 0 amide bonds. The summed E-state index contributed by atoms with van der Waals surface area (Å²) in [5.41, 5.74) is 11.8. The van der Waals surface area contributed by atoms with Crippen molar-refractivity contribution in [3.05, 3.63) is 206 Å². The normalized spacial score (nSPS) is 11.5. The highest BCUT2D eigenvalue weighted by molar-refractivity contribution is 6.19. The fourth-order valence-electron chi connectivity index (χ4n) is 8.00. The molecule has 0 fully saturated rings. The molecule has 0 unspecified atom stereocenters. The third kappa shape index (κ3) is 4.96. The van der Waals surface area contributed by atoms with Crippen molar-refractivity contribution in [1.82, 2.24) is 4.57 Å². The minimum atomic E-state index is 1.11. The van der Waals surface area contributed by atoms with Crippen molar-refractivity contribution in [2.24, 2.45) is 0 Å². The zero-order valence-electron chi connectivity index (χ0n) is 28.5. The molecule has 0 aliphatic heterocycles. The first-order valence-electron chi connectivity index (χ1n) is 17.9. The van der Waals surface area contributed by atoms with Crippen LogP contribution in [0.2, 0.25) is 0 Å². The van der Waals surface area contributed by atoms with Crippen LogP contribution in [0, 0.1) is 0 Å². The Hall–Kier alpha value is -6.90. The molecule has 0 saturated heterocycles. The van der Waals surface area contributed by atoms with Crippen LogP contribution >= 0.6 is 0 Å². The van der Waals surface area contributed by atoms with E-state index in [9.17, 15) is 0 Å². The quantitative estimate of drug-likeness (QED) is 0.172. The van der Waals surface area contributed by atoms with Crippen molar-refractivity contribution in [2.75, 3.05) is 4.90 Å². The molecule has 0 aliphatic rings. The monoisotopic (exact) mass is 662 g/mol. The smallest absolute Gasteiger partial charge is 0.0547 e. The van der Waals surface area contributed by atoms with E-state index in [-0.39, 0.29) is 0 Å². The molecule has 2 nitrogen and oxygen atoms in total. The molecule has 0 aliphatic carbocycles. The van der Waals surface area contributed by atoms with Crippen molar-refractivity contribution in [3.63, 3.8) is 0 Å². The van der Waals surface area contributed by atoms with Gasteiger partial charge >= 0.3 is 0 Å². The largest absolute Gasteiger partial charge is 0.310 e. The third-order valence-electron chi connectivity index (χ3n) is 10.4. The van der Waals surface area contributed by atoms with Crippen molar-refractivity contribution in [3.8, 4) is 27.9 Å². The minimum Gasteiger partial charge on any atom is -0.310 e. The van der Waals surface area contributed by atoms with Gasteiger partial charge < -0.3 is 9.47 Å². The van der Waals surface area contributed by atoms with Gasteiger partial charge in [-0.2, -0.15) is 0 Å². The maximum atomic E-state index is 2.41. The summed E-state index contributed by atoms with van der Waals surface area (Å²) in [5.74, 6) is 0. The first-order valence-corrected chi connectivity index (χ1v) is 17.9. The van der Waals surface area contributed by atoms with E-state index in [0.717, 1.165) is 22.7 Å². The zero-order valence-corrected chi connectivity index (χ0v) is 28.5. The van der Waals surface area contributed by atoms with Gasteiger partial charge in [-0.3, -0.25) is 0 Å². The van der Waals surface area contributed by atoms with Gasteiger partial charge in [-0.25, -0.2) is 0 Å². The number of hydrogen-bond donors (Lipinski definition) is 0. The highest BCUT2D eigenvalue weighted by Gasteiger charge is 2.20. The van der Waals surface area contributed by atoms with E-state index in [2.05, 4.69) is 216 Å². The van der Waals surface area contributed by atoms with Crippen LogP contribution in [0.3, 0.4) is 0 Å². The minimum absolute atomic E-state index is 1.11. The van der Waals surface area contributed by atoms with E-state index >= 15 is 0 Å². The summed E-state index contributed by atoms with van der Waals surface area (Å²) in [4.78, 5) is 2.41. The summed E-state index contributed by atoms with van der Waals surface area (Å²) >= 11 is 0. The van der Waals surface area contributed by atoms with Gasteiger partial charge in [0, 0.05) is 33.2 Å². The second kappa shape index (κ2) is 12.5. The molecule has 0 radical (unpaired) electrons. The van der Waals surface area contributed by atoms with Crippen molar-refractivity contribution < 1.29 is 0 Å². The average Bonchev–Trinajstić information content (AvgIpc) is 3.56. The van der Waals surface area contributed by atoms with Gasteiger partial charge in [0.15, 0.2) is 0 Å². The number of fused-ring (bicyclic) bond motifs is 5. The Morgan fingerprint density at radius 1 is 0.346 bits per heavy atom. The van der Waals surface area contributed by atoms with Crippen LogP contribution in [0.4, 0.5) is 17.1 Å². The fourth-order valence-corrected chi connectivity index (χ4v) is 8.00. The van der Waals surface area contributed by atoms with E-state index in [1.54, 1.807) is 0 Å². The lowest BCUT2D eigenvalue weighted by atomic mass is 9.93. The summed E-state index contributed by atoms with van der Waals surface area (Å²) in [6, 6.07) is 74.7. The van der Waals surface area contributed by atoms with Gasteiger partial charge in [0.2, 0.25) is 0 Å². The summed E-state index contributed by atoms with van der Waals surface area (Å²) in [6.45, 7) is 0. The van der Waals surface area contributed by atoms with Crippen LogP contribution in [0.1, 0.15) is 0 Å². The highest BCUT2D eigenvalue weighted by Crippen LogP contribution is 2.45. The lowest BCUT2D eigenvalue weighted by molar-refractivity contribution is 1.18. The molecule has 2 heteroatoms. The van der Waals surface area contributed by atoms with Crippen molar-refractivity contribution in [2.45, 2.75) is 0 Å². The van der Waals surface area contributed by atoms with E-state index < -0.39 is 0 Å². The molecule has 244 valence electrons. The van der Waals surface area contributed by atoms with Crippen molar-refractivity contribution >= 4 is 60.4 Å². The summed E-state index contributed by atoms with van der Waals surface area (Å²) in [5, 5.41) is 7.38. The highest BCUT2D eigenvalue weighted by atomic mass is 15.1.